The van der Waals surface area contributed by atoms with E-state index < -0.39 is 0 Å². The molecule has 5 heteroatoms. The number of halogens is 1. The number of rotatable bonds is 0. The molecule has 0 amide bonds. The molecule has 0 bridgehead atoms. The summed E-state index contributed by atoms with van der Waals surface area (Å²) in [6, 6.07) is 0. The number of thioether (sulfide) groups is 1. The molecule has 1 aromatic rings. The van der Waals surface area contributed by atoms with Crippen molar-refractivity contribution in [1.29, 1.82) is 0 Å². The summed E-state index contributed by atoms with van der Waals surface area (Å²) < 4.78 is 0. The van der Waals surface area contributed by atoms with Crippen molar-refractivity contribution in [2.45, 2.75) is 12.2 Å². The van der Waals surface area contributed by atoms with E-state index in [2.05, 4.69) is 9.97 Å². The van der Waals surface area contributed by atoms with E-state index >= 15 is 0 Å². The molecule has 2 heterocycles. The summed E-state index contributed by atoms with van der Waals surface area (Å²) in [4.78, 5) is 8.04. The first kappa shape index (κ1) is 8.13. The molecule has 1 aromatic heterocycles. The normalized spacial score (nSPS) is 15.8. The zero-order valence-electron chi connectivity index (χ0n) is 6.38. The van der Waals surface area contributed by atoms with Gasteiger partial charge in [-0.05, 0) is 23.8 Å². The molecule has 0 atom stereocenters. The van der Waals surface area contributed by atoms with Gasteiger partial charge in [0, 0.05) is 11.3 Å². The highest BCUT2D eigenvalue weighted by Crippen LogP contribution is 2.26. The lowest BCUT2D eigenvalue weighted by molar-refractivity contribution is 0.980. The molecule has 3 nitrogen and oxygen atoms in total. The fourth-order valence-electron chi connectivity index (χ4n) is 1.25. The smallest absolute Gasteiger partial charge is 0.224 e. The molecule has 64 valence electrons. The molecule has 0 radical (unpaired) electrons. The molecule has 0 saturated carbocycles. The number of nitrogen functional groups attached to an aromatic ring is 1. The van der Waals surface area contributed by atoms with E-state index in [1.807, 2.05) is 11.8 Å². The van der Waals surface area contributed by atoms with Gasteiger partial charge in [-0.2, -0.15) is 11.8 Å². The van der Waals surface area contributed by atoms with Crippen LogP contribution >= 0.6 is 23.4 Å². The maximum atomic E-state index is 5.70. The molecular weight excluding hydrogens is 194 g/mol. The number of fused-ring (bicyclic) bond motifs is 1. The van der Waals surface area contributed by atoms with Crippen LogP contribution < -0.4 is 5.73 Å². The van der Waals surface area contributed by atoms with Crippen molar-refractivity contribution < 1.29 is 0 Å². The second-order valence-electron chi connectivity index (χ2n) is 2.61. The fraction of sp³-hybridized carbons (Fsp3) is 0.429. The van der Waals surface area contributed by atoms with Gasteiger partial charge in [0.25, 0.3) is 0 Å². The van der Waals surface area contributed by atoms with Gasteiger partial charge in [-0.1, -0.05) is 0 Å². The van der Waals surface area contributed by atoms with Crippen molar-refractivity contribution >= 4 is 29.2 Å². The molecule has 2 N–H and O–H groups in total. The minimum atomic E-state index is 0.258. The van der Waals surface area contributed by atoms with Crippen LogP contribution in [-0.4, -0.2) is 15.7 Å². The fourth-order valence-corrected chi connectivity index (χ4v) is 2.37. The van der Waals surface area contributed by atoms with Crippen LogP contribution in [0.15, 0.2) is 0 Å². The number of anilines is 1. The van der Waals surface area contributed by atoms with Crippen molar-refractivity contribution in [3.8, 4) is 0 Å². The highest BCUT2D eigenvalue weighted by Gasteiger charge is 2.15. The Morgan fingerprint density at radius 3 is 3.08 bits per heavy atom. The number of hydrogen-bond acceptors (Lipinski definition) is 4. The number of aromatic nitrogens is 2. The Hall–Kier alpha value is -0.480. The Bertz CT molecular complexity index is 316. The van der Waals surface area contributed by atoms with Gasteiger partial charge < -0.3 is 5.73 Å². The van der Waals surface area contributed by atoms with E-state index in [0.717, 1.165) is 29.2 Å². The average molecular weight is 202 g/mol. The van der Waals surface area contributed by atoms with E-state index in [9.17, 15) is 0 Å². The summed E-state index contributed by atoms with van der Waals surface area (Å²) in [5.74, 6) is 2.55. The third-order valence-corrected chi connectivity index (χ3v) is 2.97. The van der Waals surface area contributed by atoms with Gasteiger partial charge in [0.15, 0.2) is 0 Å². The summed E-state index contributed by atoms with van der Waals surface area (Å²) >= 11 is 7.52. The van der Waals surface area contributed by atoms with Crippen LogP contribution in [0.2, 0.25) is 5.28 Å². The predicted molar refractivity (Wildman–Crippen MR) is 51.3 cm³/mol. The van der Waals surface area contributed by atoms with Crippen molar-refractivity contribution in [3.05, 3.63) is 16.5 Å². The largest absolute Gasteiger partial charge is 0.383 e. The maximum absolute atomic E-state index is 5.70. The van der Waals surface area contributed by atoms with Crippen LogP contribution in [0.4, 0.5) is 5.82 Å². The third-order valence-electron chi connectivity index (χ3n) is 1.83. The van der Waals surface area contributed by atoms with Crippen LogP contribution in [0.25, 0.3) is 0 Å². The summed E-state index contributed by atoms with van der Waals surface area (Å²) in [6.45, 7) is 0. The predicted octanol–water partition coefficient (Wildman–Crippen LogP) is 1.50. The van der Waals surface area contributed by atoms with Crippen molar-refractivity contribution in [2.75, 3.05) is 11.5 Å². The lowest BCUT2D eigenvalue weighted by Gasteiger charge is -2.15. The van der Waals surface area contributed by atoms with Gasteiger partial charge in [-0.25, -0.2) is 9.97 Å². The van der Waals surface area contributed by atoms with E-state index in [1.165, 1.54) is 0 Å². The van der Waals surface area contributed by atoms with Crippen LogP contribution in [0.3, 0.4) is 0 Å². The highest BCUT2D eigenvalue weighted by molar-refractivity contribution is 7.98. The maximum Gasteiger partial charge on any atom is 0.224 e. The number of nitrogens with zero attached hydrogens (tertiary/aromatic N) is 2. The molecule has 0 fully saturated rings. The van der Waals surface area contributed by atoms with Gasteiger partial charge in [0.2, 0.25) is 5.28 Å². The summed E-state index contributed by atoms with van der Waals surface area (Å²) in [7, 11) is 0. The van der Waals surface area contributed by atoms with Gasteiger partial charge >= 0.3 is 0 Å². The SMILES string of the molecule is Nc1nc(Cl)nc2c1CCSC2. The number of nitrogens with two attached hydrogens (primary N) is 1. The van der Waals surface area contributed by atoms with E-state index in [-0.39, 0.29) is 5.28 Å². The Balaban J connectivity index is 2.53. The standard InChI is InChI=1S/C7H8ClN3S/c8-7-10-5-3-12-2-1-4(5)6(9)11-7/h1-3H2,(H2,9,10,11). The van der Waals surface area contributed by atoms with E-state index in [1.54, 1.807) is 0 Å². The second kappa shape index (κ2) is 3.11. The monoisotopic (exact) mass is 201 g/mol. The van der Waals surface area contributed by atoms with Gasteiger partial charge in [0.05, 0.1) is 5.69 Å². The molecule has 0 saturated heterocycles. The Morgan fingerprint density at radius 2 is 2.25 bits per heavy atom. The highest BCUT2D eigenvalue weighted by atomic mass is 35.5. The van der Waals surface area contributed by atoms with Crippen LogP contribution in [0.1, 0.15) is 11.3 Å². The lowest BCUT2D eigenvalue weighted by Crippen LogP contribution is -2.10. The van der Waals surface area contributed by atoms with Crippen molar-refractivity contribution in [3.63, 3.8) is 0 Å². The van der Waals surface area contributed by atoms with Crippen LogP contribution in [-0.2, 0) is 12.2 Å². The second-order valence-corrected chi connectivity index (χ2v) is 4.05. The zero-order chi connectivity index (χ0) is 8.55. The summed E-state index contributed by atoms with van der Waals surface area (Å²) in [5.41, 5.74) is 7.78. The quantitative estimate of drug-likeness (QED) is 0.647. The Kier molecular flexibility index (Phi) is 2.11. The molecule has 0 spiro atoms. The Labute approximate surface area is 79.7 Å². The third kappa shape index (κ3) is 1.36. The molecule has 0 aliphatic carbocycles. The van der Waals surface area contributed by atoms with E-state index in [4.69, 9.17) is 17.3 Å². The lowest BCUT2D eigenvalue weighted by atomic mass is 10.1. The van der Waals surface area contributed by atoms with Crippen molar-refractivity contribution in [1.82, 2.24) is 9.97 Å². The minimum absolute atomic E-state index is 0.258. The topological polar surface area (TPSA) is 51.8 Å². The van der Waals surface area contributed by atoms with E-state index in [0.29, 0.717) is 5.82 Å². The van der Waals surface area contributed by atoms with Crippen LogP contribution in [0, 0.1) is 0 Å². The molecule has 0 aromatic carbocycles. The summed E-state index contributed by atoms with van der Waals surface area (Å²) in [6.07, 6.45) is 0.961. The minimum Gasteiger partial charge on any atom is -0.383 e. The molecular formula is C7H8ClN3S. The zero-order valence-corrected chi connectivity index (χ0v) is 7.95. The number of hydrogen-bond donors (Lipinski definition) is 1. The summed E-state index contributed by atoms with van der Waals surface area (Å²) in [5, 5.41) is 0.258. The van der Waals surface area contributed by atoms with Crippen molar-refractivity contribution in [2.24, 2.45) is 0 Å². The first-order valence-corrected chi connectivity index (χ1v) is 5.19. The molecule has 12 heavy (non-hydrogen) atoms. The molecule has 2 rings (SSSR count). The average Bonchev–Trinajstić information content (AvgIpc) is 2.04. The molecule has 0 unspecified atom stereocenters. The Morgan fingerprint density at radius 1 is 1.42 bits per heavy atom. The first-order chi connectivity index (χ1) is 5.77. The van der Waals surface area contributed by atoms with Gasteiger partial charge in [-0.3, -0.25) is 0 Å². The van der Waals surface area contributed by atoms with Gasteiger partial charge in [0.1, 0.15) is 5.82 Å². The van der Waals surface area contributed by atoms with Gasteiger partial charge in [-0.15, -0.1) is 0 Å². The molecule has 1 aliphatic heterocycles. The van der Waals surface area contributed by atoms with Crippen LogP contribution in [0.5, 0.6) is 0 Å². The first-order valence-electron chi connectivity index (χ1n) is 3.66. The molecule has 1 aliphatic rings.